The summed E-state index contributed by atoms with van der Waals surface area (Å²) in [5.74, 6) is 0. The van der Waals surface area contributed by atoms with Gasteiger partial charge in [0.15, 0.2) is 0 Å². The van der Waals surface area contributed by atoms with E-state index in [0.717, 1.165) is 25.7 Å². The van der Waals surface area contributed by atoms with E-state index in [-0.39, 0.29) is 0 Å². The summed E-state index contributed by atoms with van der Waals surface area (Å²) >= 11 is 0. The third-order valence-electron chi connectivity index (χ3n) is 5.96. The van der Waals surface area contributed by atoms with E-state index in [2.05, 4.69) is 60.8 Å². The number of rotatable bonds is 6. The molecule has 4 rings (SSSR count). The highest BCUT2D eigenvalue weighted by Crippen LogP contribution is 2.19. The van der Waals surface area contributed by atoms with E-state index >= 15 is 0 Å². The highest BCUT2D eigenvalue weighted by atomic mass is 15.3. The number of hydrogen-bond acceptors (Lipinski definition) is 4. The van der Waals surface area contributed by atoms with Crippen LogP contribution in [0.5, 0.6) is 0 Å². The molecule has 0 saturated carbocycles. The van der Waals surface area contributed by atoms with Crippen LogP contribution in [-0.4, -0.2) is 76.1 Å². The van der Waals surface area contributed by atoms with Crippen LogP contribution in [0.15, 0.2) is 49.1 Å². The second kappa shape index (κ2) is 8.80. The molecule has 2 saturated heterocycles. The number of hydrogen-bond donors (Lipinski definition) is 0. The number of piperazine rings is 1. The van der Waals surface area contributed by atoms with Crippen molar-refractivity contribution < 1.29 is 0 Å². The fourth-order valence-electron chi connectivity index (χ4n) is 4.31. The van der Waals surface area contributed by atoms with Gasteiger partial charge in [0.2, 0.25) is 0 Å². The molecule has 0 N–H and O–H groups in total. The molecule has 2 aromatic rings. The molecule has 3 heterocycles. The highest BCUT2D eigenvalue weighted by Gasteiger charge is 2.27. The van der Waals surface area contributed by atoms with Crippen molar-refractivity contribution in [1.82, 2.24) is 24.3 Å². The zero-order valence-electron chi connectivity index (χ0n) is 15.7. The van der Waals surface area contributed by atoms with Gasteiger partial charge in [-0.25, -0.2) is 4.98 Å². The Hall–Kier alpha value is -1.69. The summed E-state index contributed by atoms with van der Waals surface area (Å²) in [5.41, 5.74) is 1.44. The first-order chi connectivity index (χ1) is 12.9. The summed E-state index contributed by atoms with van der Waals surface area (Å²) in [6.45, 7) is 10.6. The molecule has 0 atom stereocenters. The van der Waals surface area contributed by atoms with Crippen LogP contribution in [0.3, 0.4) is 0 Å². The summed E-state index contributed by atoms with van der Waals surface area (Å²) in [7, 11) is 0. The normalized spacial score (nSPS) is 21.2. The fourth-order valence-corrected chi connectivity index (χ4v) is 4.31. The van der Waals surface area contributed by atoms with Gasteiger partial charge in [-0.2, -0.15) is 0 Å². The van der Waals surface area contributed by atoms with Crippen molar-refractivity contribution in [2.75, 3.05) is 45.8 Å². The van der Waals surface area contributed by atoms with E-state index in [4.69, 9.17) is 0 Å². The molecule has 0 radical (unpaired) electrons. The number of piperidine rings is 1. The van der Waals surface area contributed by atoms with Crippen molar-refractivity contribution >= 4 is 0 Å². The van der Waals surface area contributed by atoms with E-state index in [1.807, 2.05) is 12.5 Å². The monoisotopic (exact) mass is 353 g/mol. The Balaban J connectivity index is 1.16. The molecular formula is C21H31N5. The van der Waals surface area contributed by atoms with E-state index in [9.17, 15) is 0 Å². The number of aromatic nitrogens is 2. The summed E-state index contributed by atoms with van der Waals surface area (Å²) in [6, 6.07) is 11.7. The quantitative estimate of drug-likeness (QED) is 0.795. The standard InChI is InChI=1S/C21H31N5/c1-2-4-20(5-3-1)18-24-14-16-26(17-15-24)21-6-9-23(10-7-21)12-13-25-11-8-22-19-25/h1-5,8,11,19,21H,6-7,9-10,12-18H2. The van der Waals surface area contributed by atoms with Crippen LogP contribution in [0.2, 0.25) is 0 Å². The SMILES string of the molecule is c1ccc(CN2CCN(C3CCN(CCn4ccnc4)CC3)CC2)cc1. The van der Waals surface area contributed by atoms with E-state index < -0.39 is 0 Å². The van der Waals surface area contributed by atoms with Crippen LogP contribution < -0.4 is 0 Å². The number of benzene rings is 1. The topological polar surface area (TPSA) is 27.5 Å². The minimum absolute atomic E-state index is 0.790. The molecule has 2 aliphatic heterocycles. The van der Waals surface area contributed by atoms with Gasteiger partial charge in [-0.05, 0) is 31.5 Å². The van der Waals surface area contributed by atoms with Crippen LogP contribution in [0.1, 0.15) is 18.4 Å². The summed E-state index contributed by atoms with van der Waals surface area (Å²) in [5, 5.41) is 0. The Bertz CT molecular complexity index is 626. The predicted molar refractivity (Wildman–Crippen MR) is 105 cm³/mol. The molecule has 0 aliphatic carbocycles. The summed E-state index contributed by atoms with van der Waals surface area (Å²) in [6.07, 6.45) is 8.48. The van der Waals surface area contributed by atoms with Crippen molar-refractivity contribution in [2.24, 2.45) is 0 Å². The molecule has 1 aromatic carbocycles. The molecule has 5 nitrogen and oxygen atoms in total. The van der Waals surface area contributed by atoms with Crippen LogP contribution in [0.4, 0.5) is 0 Å². The van der Waals surface area contributed by atoms with Crippen molar-refractivity contribution in [2.45, 2.75) is 32.0 Å². The maximum atomic E-state index is 4.13. The van der Waals surface area contributed by atoms with Crippen LogP contribution in [0.25, 0.3) is 0 Å². The fraction of sp³-hybridized carbons (Fsp3) is 0.571. The zero-order valence-corrected chi connectivity index (χ0v) is 15.7. The molecule has 0 bridgehead atoms. The maximum Gasteiger partial charge on any atom is 0.0946 e. The Kier molecular flexibility index (Phi) is 5.99. The third-order valence-corrected chi connectivity index (χ3v) is 5.96. The van der Waals surface area contributed by atoms with Gasteiger partial charge in [-0.1, -0.05) is 30.3 Å². The van der Waals surface area contributed by atoms with Crippen LogP contribution in [-0.2, 0) is 13.1 Å². The second-order valence-corrected chi connectivity index (χ2v) is 7.67. The van der Waals surface area contributed by atoms with E-state index in [0.29, 0.717) is 0 Å². The second-order valence-electron chi connectivity index (χ2n) is 7.67. The van der Waals surface area contributed by atoms with E-state index in [1.54, 1.807) is 0 Å². The zero-order chi connectivity index (χ0) is 17.6. The molecule has 140 valence electrons. The summed E-state index contributed by atoms with van der Waals surface area (Å²) in [4.78, 5) is 12.1. The minimum atomic E-state index is 0.790. The van der Waals surface area contributed by atoms with Crippen LogP contribution >= 0.6 is 0 Å². The van der Waals surface area contributed by atoms with Gasteiger partial charge in [-0.3, -0.25) is 9.80 Å². The Morgan fingerprint density at radius 2 is 1.62 bits per heavy atom. The first-order valence-electron chi connectivity index (χ1n) is 10.1. The van der Waals surface area contributed by atoms with Crippen molar-refractivity contribution in [3.63, 3.8) is 0 Å². The smallest absolute Gasteiger partial charge is 0.0946 e. The number of likely N-dealkylation sites (tertiary alicyclic amines) is 1. The largest absolute Gasteiger partial charge is 0.336 e. The molecule has 26 heavy (non-hydrogen) atoms. The molecule has 0 spiro atoms. The number of imidazole rings is 1. The first-order valence-corrected chi connectivity index (χ1v) is 10.1. The van der Waals surface area contributed by atoms with Gasteiger partial charge < -0.3 is 9.47 Å². The minimum Gasteiger partial charge on any atom is -0.336 e. The Morgan fingerprint density at radius 3 is 2.31 bits per heavy atom. The number of nitrogens with zero attached hydrogens (tertiary/aromatic N) is 5. The van der Waals surface area contributed by atoms with Gasteiger partial charge in [0, 0.05) is 64.2 Å². The Labute approximate surface area is 157 Å². The summed E-state index contributed by atoms with van der Waals surface area (Å²) < 4.78 is 2.18. The van der Waals surface area contributed by atoms with Crippen molar-refractivity contribution in [3.8, 4) is 0 Å². The van der Waals surface area contributed by atoms with Crippen LogP contribution in [0, 0.1) is 0 Å². The lowest BCUT2D eigenvalue weighted by molar-refractivity contribution is 0.0559. The predicted octanol–water partition coefficient (Wildman–Crippen LogP) is 2.17. The van der Waals surface area contributed by atoms with E-state index in [1.165, 1.54) is 57.7 Å². The van der Waals surface area contributed by atoms with Gasteiger partial charge in [0.1, 0.15) is 0 Å². The Morgan fingerprint density at radius 1 is 0.846 bits per heavy atom. The molecule has 2 aliphatic rings. The van der Waals surface area contributed by atoms with Gasteiger partial charge in [0.25, 0.3) is 0 Å². The first kappa shape index (κ1) is 17.7. The van der Waals surface area contributed by atoms with Crippen molar-refractivity contribution in [3.05, 3.63) is 54.6 Å². The molecule has 2 fully saturated rings. The van der Waals surface area contributed by atoms with Gasteiger partial charge in [0.05, 0.1) is 6.33 Å². The lowest BCUT2D eigenvalue weighted by atomic mass is 10.0. The third kappa shape index (κ3) is 4.72. The average molecular weight is 354 g/mol. The molecule has 5 heteroatoms. The maximum absolute atomic E-state index is 4.13. The van der Waals surface area contributed by atoms with Gasteiger partial charge >= 0.3 is 0 Å². The lowest BCUT2D eigenvalue weighted by Gasteiger charge is -2.42. The lowest BCUT2D eigenvalue weighted by Crippen LogP contribution is -2.53. The highest BCUT2D eigenvalue weighted by molar-refractivity contribution is 5.14. The average Bonchev–Trinajstić information content (AvgIpc) is 3.22. The molecular weight excluding hydrogens is 322 g/mol. The van der Waals surface area contributed by atoms with Crippen molar-refractivity contribution in [1.29, 1.82) is 0 Å². The van der Waals surface area contributed by atoms with Gasteiger partial charge in [-0.15, -0.1) is 0 Å². The molecule has 0 amide bonds. The molecule has 1 aromatic heterocycles. The molecule has 0 unspecified atom stereocenters.